The van der Waals surface area contributed by atoms with E-state index in [9.17, 15) is 4.79 Å². The molecule has 2 heterocycles. The van der Waals surface area contributed by atoms with Gasteiger partial charge in [0.25, 0.3) is 0 Å². The molecule has 3 atom stereocenters. The van der Waals surface area contributed by atoms with E-state index in [0.29, 0.717) is 6.61 Å². The molecule has 0 aromatic heterocycles. The number of benzene rings is 2. The average Bonchev–Trinajstić information content (AvgIpc) is 2.69. The highest BCUT2D eigenvalue weighted by Gasteiger charge is 2.48. The van der Waals surface area contributed by atoms with Crippen LogP contribution in [0.1, 0.15) is 6.42 Å². The molecule has 0 radical (unpaired) electrons. The van der Waals surface area contributed by atoms with E-state index in [-0.39, 0.29) is 24.7 Å². The van der Waals surface area contributed by atoms with Gasteiger partial charge in [-0.15, -0.1) is 0 Å². The predicted molar refractivity (Wildman–Crippen MR) is 94.9 cm³/mol. The van der Waals surface area contributed by atoms with Gasteiger partial charge >= 0.3 is 14.2 Å². The first kappa shape index (κ1) is 16.5. The van der Waals surface area contributed by atoms with Crippen molar-refractivity contribution in [1.29, 1.82) is 0 Å². The highest BCUT2D eigenvalue weighted by Crippen LogP contribution is 2.26. The zero-order chi connectivity index (χ0) is 17.1. The van der Waals surface area contributed by atoms with Gasteiger partial charge in [-0.1, -0.05) is 60.7 Å². The molecular weight excluding hydrogens is 318 g/mol. The van der Waals surface area contributed by atoms with Gasteiger partial charge in [0.15, 0.2) is 0 Å². The number of fused-ring (bicyclic) bond motifs is 1. The Kier molecular flexibility index (Phi) is 4.99. The Morgan fingerprint density at radius 1 is 0.880 bits per heavy atom. The molecule has 2 aromatic rings. The molecule has 2 aliphatic heterocycles. The first-order chi connectivity index (χ1) is 12.3. The van der Waals surface area contributed by atoms with Crippen molar-refractivity contribution in [3.8, 4) is 0 Å². The molecule has 0 spiro atoms. The normalized spacial score (nSPS) is 26.2. The summed E-state index contributed by atoms with van der Waals surface area (Å²) in [5.41, 5.74) is 1.86. The van der Waals surface area contributed by atoms with E-state index in [2.05, 4.69) is 0 Å². The zero-order valence-corrected chi connectivity index (χ0v) is 13.7. The highest BCUT2D eigenvalue weighted by molar-refractivity contribution is 6.62. The number of hydrogen-bond donors (Lipinski definition) is 0. The van der Waals surface area contributed by atoms with Crippen LogP contribution in [0.15, 0.2) is 60.7 Å². The lowest BCUT2D eigenvalue weighted by Crippen LogP contribution is -2.64. The van der Waals surface area contributed by atoms with Crippen LogP contribution < -0.4 is 10.9 Å². The van der Waals surface area contributed by atoms with Crippen molar-refractivity contribution in [2.45, 2.75) is 24.7 Å². The van der Waals surface area contributed by atoms with Crippen molar-refractivity contribution in [2.75, 3.05) is 6.61 Å². The summed E-state index contributed by atoms with van der Waals surface area (Å²) in [6.45, 7) is 0.395. The molecule has 0 saturated carbocycles. The van der Waals surface area contributed by atoms with E-state index >= 15 is 0 Å². The maximum Gasteiger partial charge on any atom is 0.494 e. The molecule has 0 N–H and O–H groups in total. The smallest absolute Gasteiger partial charge is 0.405 e. The van der Waals surface area contributed by atoms with E-state index in [1.807, 2.05) is 60.7 Å². The topological polar surface area (TPSA) is 54.0 Å². The molecule has 0 amide bonds. The minimum Gasteiger partial charge on any atom is -0.405 e. The van der Waals surface area contributed by atoms with Crippen LogP contribution in [0.4, 0.5) is 0 Å². The molecule has 5 nitrogen and oxygen atoms in total. The third-order valence-electron chi connectivity index (χ3n) is 4.49. The molecule has 25 heavy (non-hydrogen) atoms. The maximum atomic E-state index is 11.1. The van der Waals surface area contributed by atoms with Gasteiger partial charge in [-0.05, 0) is 10.9 Å². The van der Waals surface area contributed by atoms with E-state index in [1.54, 1.807) is 0 Å². The van der Waals surface area contributed by atoms with Crippen LogP contribution in [0.5, 0.6) is 0 Å². The number of rotatable bonds is 4. The molecule has 2 fully saturated rings. The summed E-state index contributed by atoms with van der Waals surface area (Å²) in [6, 6.07) is 19.4. The molecule has 2 aromatic carbocycles. The van der Waals surface area contributed by atoms with Gasteiger partial charge in [0.05, 0.1) is 24.9 Å². The summed E-state index contributed by atoms with van der Waals surface area (Å²) in [5, 5.41) is 0. The Morgan fingerprint density at radius 2 is 1.52 bits per heavy atom. The Hall–Kier alpha value is -1.92. The van der Waals surface area contributed by atoms with Crippen LogP contribution in [0, 0.1) is 0 Å². The molecule has 0 aliphatic carbocycles. The first-order valence-corrected chi connectivity index (χ1v) is 8.46. The second-order valence-electron chi connectivity index (χ2n) is 6.17. The molecule has 7 heteroatoms. The molecule has 0 unspecified atom stereocenters. The monoisotopic (exact) mass is 336 g/mol. The fourth-order valence-corrected chi connectivity index (χ4v) is 3.25. The standard InChI is InChI=1S/C18H18B2O5/c21-12-11-16-18-17(24-20(23-16)15-9-5-2-6-10-15)13-22-19(25-18)14-7-3-1-4-8-14/h1-10,12,16-18H,11,13H2/t16-,17+,18+/m0/s1. The van der Waals surface area contributed by atoms with Crippen molar-refractivity contribution < 1.29 is 23.4 Å². The van der Waals surface area contributed by atoms with Gasteiger partial charge in [-0.2, -0.15) is 0 Å². The summed E-state index contributed by atoms with van der Waals surface area (Å²) in [5.74, 6) is 0. The average molecular weight is 336 g/mol. The maximum absolute atomic E-state index is 11.1. The Morgan fingerprint density at radius 3 is 2.16 bits per heavy atom. The van der Waals surface area contributed by atoms with Crippen LogP contribution >= 0.6 is 0 Å². The van der Waals surface area contributed by atoms with Crippen LogP contribution in [-0.2, 0) is 23.4 Å². The van der Waals surface area contributed by atoms with Crippen molar-refractivity contribution in [3.05, 3.63) is 60.7 Å². The van der Waals surface area contributed by atoms with E-state index in [4.69, 9.17) is 18.6 Å². The second kappa shape index (κ2) is 7.54. The van der Waals surface area contributed by atoms with Gasteiger partial charge in [0.2, 0.25) is 0 Å². The molecule has 126 valence electrons. The van der Waals surface area contributed by atoms with Crippen LogP contribution in [0.25, 0.3) is 0 Å². The van der Waals surface area contributed by atoms with E-state index in [1.165, 1.54) is 0 Å². The summed E-state index contributed by atoms with van der Waals surface area (Å²) in [6.07, 6.45) is 0.144. The lowest BCUT2D eigenvalue weighted by molar-refractivity contribution is -0.132. The zero-order valence-electron chi connectivity index (χ0n) is 13.7. The number of aldehydes is 1. The summed E-state index contributed by atoms with van der Waals surface area (Å²) < 4.78 is 24.0. The summed E-state index contributed by atoms with van der Waals surface area (Å²) >= 11 is 0. The van der Waals surface area contributed by atoms with Gasteiger partial charge in [0, 0.05) is 6.42 Å². The van der Waals surface area contributed by atoms with E-state index in [0.717, 1.165) is 17.2 Å². The fourth-order valence-electron chi connectivity index (χ4n) is 3.25. The third kappa shape index (κ3) is 3.55. The molecule has 2 aliphatic rings. The van der Waals surface area contributed by atoms with Gasteiger partial charge in [-0.25, -0.2) is 0 Å². The lowest BCUT2D eigenvalue weighted by Gasteiger charge is -2.44. The molecule has 2 saturated heterocycles. The molecule has 4 rings (SSSR count). The van der Waals surface area contributed by atoms with Crippen LogP contribution in [-0.4, -0.2) is 45.4 Å². The van der Waals surface area contributed by atoms with Crippen molar-refractivity contribution in [3.63, 3.8) is 0 Å². The van der Waals surface area contributed by atoms with Gasteiger partial charge in [0.1, 0.15) is 6.29 Å². The van der Waals surface area contributed by atoms with Gasteiger partial charge < -0.3 is 23.4 Å². The Labute approximate surface area is 147 Å². The summed E-state index contributed by atoms with van der Waals surface area (Å²) in [4.78, 5) is 11.1. The van der Waals surface area contributed by atoms with Crippen LogP contribution in [0.3, 0.4) is 0 Å². The first-order valence-electron chi connectivity index (χ1n) is 8.46. The fraction of sp³-hybridized carbons (Fsp3) is 0.278. The SMILES string of the molecule is O=CC[C@@H]1OB(c2ccccc2)O[C@@H]2COB(c3ccccc3)O[C@H]12. The lowest BCUT2D eigenvalue weighted by atomic mass is 9.73. The third-order valence-corrected chi connectivity index (χ3v) is 4.49. The highest BCUT2D eigenvalue weighted by atomic mass is 16.7. The quantitative estimate of drug-likeness (QED) is 0.604. The molecular formula is C18H18B2O5. The van der Waals surface area contributed by atoms with Crippen LogP contribution in [0.2, 0.25) is 0 Å². The van der Waals surface area contributed by atoms with Crippen molar-refractivity contribution in [1.82, 2.24) is 0 Å². The number of carbonyl (C=O) groups excluding carboxylic acids is 1. The minimum atomic E-state index is -0.520. The summed E-state index contributed by atoms with van der Waals surface area (Å²) in [7, 11) is -0.995. The largest absolute Gasteiger partial charge is 0.494 e. The van der Waals surface area contributed by atoms with E-state index < -0.39 is 14.2 Å². The number of hydrogen-bond acceptors (Lipinski definition) is 5. The van der Waals surface area contributed by atoms with Crippen molar-refractivity contribution in [2.24, 2.45) is 0 Å². The van der Waals surface area contributed by atoms with Gasteiger partial charge in [-0.3, -0.25) is 0 Å². The van der Waals surface area contributed by atoms with Crippen molar-refractivity contribution >= 4 is 31.4 Å². The Bertz CT molecular complexity index is 699. The number of carbonyl (C=O) groups is 1. The molecule has 0 bridgehead atoms. The predicted octanol–water partition coefficient (Wildman–Crippen LogP) is 0.566. The minimum absolute atomic E-state index is 0.259. The second-order valence-corrected chi connectivity index (χ2v) is 6.17. The Balaban J connectivity index is 1.53.